The van der Waals surface area contributed by atoms with Gasteiger partial charge < -0.3 is 14.8 Å². The molecule has 1 N–H and O–H groups in total. The van der Waals surface area contributed by atoms with Crippen LogP contribution in [0.4, 0.5) is 0 Å². The molecule has 0 amide bonds. The summed E-state index contributed by atoms with van der Waals surface area (Å²) in [5.74, 6) is 2.13. The summed E-state index contributed by atoms with van der Waals surface area (Å²) >= 11 is 1.81. The molecule has 5 aromatic rings. The Kier molecular flexibility index (Phi) is 4.70. The minimum Gasteiger partial charge on any atom is -0.497 e. The molecule has 5 heterocycles. The third-order valence-electron chi connectivity index (χ3n) is 5.59. The summed E-state index contributed by atoms with van der Waals surface area (Å²) in [7, 11) is 1.64. The molecule has 0 aliphatic carbocycles. The number of rotatable bonds is 5. The molecule has 6 rings (SSSR count). The summed E-state index contributed by atoms with van der Waals surface area (Å²) in [5, 5.41) is 17.7. The molecule has 32 heavy (non-hydrogen) atoms. The lowest BCUT2D eigenvalue weighted by atomic mass is 10.1. The van der Waals surface area contributed by atoms with Crippen molar-refractivity contribution in [2.75, 3.05) is 13.7 Å². The minimum atomic E-state index is 0.244. The van der Waals surface area contributed by atoms with Crippen LogP contribution >= 0.6 is 11.3 Å². The van der Waals surface area contributed by atoms with Crippen LogP contribution in [0.1, 0.15) is 16.3 Å². The second kappa shape index (κ2) is 7.85. The molecule has 1 aliphatic heterocycles. The van der Waals surface area contributed by atoms with Crippen molar-refractivity contribution in [3.05, 3.63) is 64.9 Å². The SMILES string of the molecule is COc1ccc2c(OCc3nnc4ccc(-c5cc6c(s5)CCNC6)nn34)ccnc2c1. The number of hydrogen-bond donors (Lipinski definition) is 1. The van der Waals surface area contributed by atoms with E-state index in [0.29, 0.717) is 11.5 Å². The van der Waals surface area contributed by atoms with Crippen molar-refractivity contribution in [1.82, 2.24) is 30.1 Å². The van der Waals surface area contributed by atoms with E-state index in [0.717, 1.165) is 52.5 Å². The van der Waals surface area contributed by atoms with Crippen molar-refractivity contribution < 1.29 is 9.47 Å². The van der Waals surface area contributed by atoms with Crippen LogP contribution < -0.4 is 14.8 Å². The van der Waals surface area contributed by atoms with E-state index in [1.54, 1.807) is 17.8 Å². The fourth-order valence-electron chi connectivity index (χ4n) is 3.93. The van der Waals surface area contributed by atoms with Gasteiger partial charge in [-0.15, -0.1) is 21.5 Å². The van der Waals surface area contributed by atoms with Gasteiger partial charge >= 0.3 is 0 Å². The van der Waals surface area contributed by atoms with Crippen LogP contribution in [0.2, 0.25) is 0 Å². The number of fused-ring (bicyclic) bond motifs is 3. The summed E-state index contributed by atoms with van der Waals surface area (Å²) in [6, 6.07) is 13.8. The number of thiophene rings is 1. The van der Waals surface area contributed by atoms with Gasteiger partial charge in [-0.25, -0.2) is 0 Å². The maximum atomic E-state index is 6.11. The van der Waals surface area contributed by atoms with Gasteiger partial charge in [-0.05, 0) is 48.4 Å². The third-order valence-corrected chi connectivity index (χ3v) is 6.85. The molecule has 0 bridgehead atoms. The zero-order chi connectivity index (χ0) is 21.5. The lowest BCUT2D eigenvalue weighted by Gasteiger charge is -2.10. The van der Waals surface area contributed by atoms with Crippen LogP contribution in [0.5, 0.6) is 11.5 Å². The molecule has 0 radical (unpaired) electrons. The molecule has 1 aliphatic rings. The van der Waals surface area contributed by atoms with Gasteiger partial charge in [-0.2, -0.15) is 9.61 Å². The number of aromatic nitrogens is 5. The molecule has 8 nitrogen and oxygen atoms in total. The summed E-state index contributed by atoms with van der Waals surface area (Å²) < 4.78 is 13.2. The van der Waals surface area contributed by atoms with Crippen LogP contribution in [-0.4, -0.2) is 38.4 Å². The predicted molar refractivity (Wildman–Crippen MR) is 122 cm³/mol. The fourth-order valence-corrected chi connectivity index (χ4v) is 5.08. The Morgan fingerprint density at radius 2 is 2.09 bits per heavy atom. The van der Waals surface area contributed by atoms with Crippen LogP contribution in [-0.2, 0) is 19.6 Å². The summed E-state index contributed by atoms with van der Waals surface area (Å²) in [4.78, 5) is 7.01. The second-order valence-corrected chi connectivity index (χ2v) is 8.71. The van der Waals surface area contributed by atoms with Gasteiger partial charge in [0.15, 0.2) is 11.5 Å². The number of ether oxygens (including phenoxy) is 2. The average molecular weight is 445 g/mol. The monoisotopic (exact) mass is 444 g/mol. The van der Waals surface area contributed by atoms with E-state index in [9.17, 15) is 0 Å². The second-order valence-electron chi connectivity index (χ2n) is 7.57. The van der Waals surface area contributed by atoms with E-state index in [1.165, 1.54) is 10.4 Å². The molecule has 1 aromatic carbocycles. The topological polar surface area (TPSA) is 86.5 Å². The first kappa shape index (κ1) is 19.1. The van der Waals surface area contributed by atoms with E-state index >= 15 is 0 Å². The van der Waals surface area contributed by atoms with E-state index in [4.69, 9.17) is 14.6 Å². The smallest absolute Gasteiger partial charge is 0.192 e. The van der Waals surface area contributed by atoms with Gasteiger partial charge in [0.05, 0.1) is 17.5 Å². The van der Waals surface area contributed by atoms with Gasteiger partial charge in [-0.1, -0.05) is 0 Å². The van der Waals surface area contributed by atoms with Gasteiger partial charge in [0.2, 0.25) is 0 Å². The quantitative estimate of drug-likeness (QED) is 0.443. The standard InChI is InChI=1S/C23H20N6O2S/c1-30-15-2-3-16-18(11-15)25-9-6-19(16)31-13-23-27-26-22-5-4-17(28-29(22)23)21-10-14-12-24-8-7-20(14)32-21/h2-6,9-11,24H,7-8,12-13H2,1H3. The zero-order valence-electron chi connectivity index (χ0n) is 17.4. The van der Waals surface area contributed by atoms with Gasteiger partial charge in [-0.3, -0.25) is 4.98 Å². The molecular weight excluding hydrogens is 424 g/mol. The van der Waals surface area contributed by atoms with Crippen molar-refractivity contribution in [2.24, 2.45) is 0 Å². The first-order valence-electron chi connectivity index (χ1n) is 10.4. The molecular formula is C23H20N6O2S. The molecule has 0 spiro atoms. The highest BCUT2D eigenvalue weighted by molar-refractivity contribution is 7.15. The number of nitrogens with zero attached hydrogens (tertiary/aromatic N) is 5. The lowest BCUT2D eigenvalue weighted by Crippen LogP contribution is -2.21. The fraction of sp³-hybridized carbons (Fsp3) is 0.217. The highest BCUT2D eigenvalue weighted by atomic mass is 32.1. The van der Waals surface area contributed by atoms with Gasteiger partial charge in [0.25, 0.3) is 0 Å². The maximum Gasteiger partial charge on any atom is 0.192 e. The molecule has 0 saturated heterocycles. The van der Waals surface area contributed by atoms with E-state index in [2.05, 4.69) is 26.6 Å². The predicted octanol–water partition coefficient (Wildman–Crippen LogP) is 3.63. The van der Waals surface area contributed by atoms with E-state index in [1.807, 2.05) is 47.7 Å². The Labute approximate surface area is 187 Å². The summed E-state index contributed by atoms with van der Waals surface area (Å²) in [5.41, 5.74) is 3.79. The average Bonchev–Trinajstić information content (AvgIpc) is 3.46. The van der Waals surface area contributed by atoms with E-state index < -0.39 is 0 Å². The van der Waals surface area contributed by atoms with Crippen molar-refractivity contribution in [2.45, 2.75) is 19.6 Å². The summed E-state index contributed by atoms with van der Waals surface area (Å²) in [6.07, 6.45) is 2.79. The number of hydrogen-bond acceptors (Lipinski definition) is 8. The van der Waals surface area contributed by atoms with E-state index in [-0.39, 0.29) is 6.61 Å². The van der Waals surface area contributed by atoms with Crippen molar-refractivity contribution in [3.8, 4) is 22.1 Å². The molecule has 0 saturated carbocycles. The van der Waals surface area contributed by atoms with Gasteiger partial charge in [0.1, 0.15) is 23.8 Å². The Bertz CT molecular complexity index is 1420. The molecule has 0 atom stereocenters. The number of pyridine rings is 1. The summed E-state index contributed by atoms with van der Waals surface area (Å²) in [6.45, 7) is 2.20. The Hall–Kier alpha value is -3.56. The van der Waals surface area contributed by atoms with Crippen LogP contribution in [0, 0.1) is 0 Å². The Balaban J connectivity index is 1.30. The minimum absolute atomic E-state index is 0.244. The maximum absolute atomic E-state index is 6.11. The van der Waals surface area contributed by atoms with Crippen molar-refractivity contribution in [1.29, 1.82) is 0 Å². The molecule has 4 aromatic heterocycles. The van der Waals surface area contributed by atoms with Crippen LogP contribution in [0.15, 0.2) is 48.7 Å². The van der Waals surface area contributed by atoms with Crippen molar-refractivity contribution in [3.63, 3.8) is 0 Å². The Morgan fingerprint density at radius 3 is 3.00 bits per heavy atom. The van der Waals surface area contributed by atoms with Crippen LogP contribution in [0.25, 0.3) is 27.1 Å². The molecule has 0 fully saturated rings. The Morgan fingerprint density at radius 1 is 1.12 bits per heavy atom. The number of methoxy groups -OCH3 is 1. The highest BCUT2D eigenvalue weighted by Crippen LogP contribution is 2.32. The lowest BCUT2D eigenvalue weighted by molar-refractivity contribution is 0.296. The molecule has 0 unspecified atom stereocenters. The number of benzene rings is 1. The first-order chi connectivity index (χ1) is 15.8. The normalized spacial score (nSPS) is 13.4. The zero-order valence-corrected chi connectivity index (χ0v) is 18.2. The third kappa shape index (κ3) is 3.35. The van der Waals surface area contributed by atoms with Gasteiger partial charge in [0, 0.05) is 35.6 Å². The largest absolute Gasteiger partial charge is 0.497 e. The highest BCUT2D eigenvalue weighted by Gasteiger charge is 2.16. The first-order valence-corrected chi connectivity index (χ1v) is 11.2. The number of nitrogens with one attached hydrogen (secondary N) is 1. The van der Waals surface area contributed by atoms with Crippen LogP contribution in [0.3, 0.4) is 0 Å². The van der Waals surface area contributed by atoms with Crippen molar-refractivity contribution >= 4 is 27.9 Å². The molecule has 160 valence electrons. The molecule has 9 heteroatoms.